The first-order valence-electron chi connectivity index (χ1n) is 7.85. The van der Waals surface area contributed by atoms with Crippen LogP contribution in [0, 0.1) is 0 Å². The van der Waals surface area contributed by atoms with E-state index in [0.717, 1.165) is 5.56 Å². The van der Waals surface area contributed by atoms with Crippen LogP contribution in [0.25, 0.3) is 11.1 Å². The lowest BCUT2D eigenvalue weighted by Crippen LogP contribution is -2.36. The third-order valence-corrected chi connectivity index (χ3v) is 3.66. The summed E-state index contributed by atoms with van der Waals surface area (Å²) in [7, 11) is 1.64. The third kappa shape index (κ3) is 6.32. The standard InChI is InChI=1S/C19H24N2O2.ClH/c1-15(21-19(22)14-20-12-13-23-2)16-8-10-18(11-9-16)17-6-4-3-5-7-17;/h3-11,15,20H,12-14H2,1-2H3,(H,21,22);1H. The van der Waals surface area contributed by atoms with Gasteiger partial charge in [0, 0.05) is 13.7 Å². The lowest BCUT2D eigenvalue weighted by atomic mass is 10.0. The Hall–Kier alpha value is -1.88. The van der Waals surface area contributed by atoms with Crippen molar-refractivity contribution < 1.29 is 9.53 Å². The van der Waals surface area contributed by atoms with Crippen LogP contribution < -0.4 is 10.6 Å². The van der Waals surface area contributed by atoms with Gasteiger partial charge in [-0.15, -0.1) is 12.4 Å². The Morgan fingerprint density at radius 2 is 1.67 bits per heavy atom. The molecule has 5 heteroatoms. The number of methoxy groups -OCH3 is 1. The van der Waals surface area contributed by atoms with Gasteiger partial charge in [-0.3, -0.25) is 4.79 Å². The van der Waals surface area contributed by atoms with Crippen LogP contribution >= 0.6 is 12.4 Å². The highest BCUT2D eigenvalue weighted by atomic mass is 35.5. The first-order chi connectivity index (χ1) is 11.2. The summed E-state index contributed by atoms with van der Waals surface area (Å²) in [6.07, 6.45) is 0. The number of hydrogen-bond donors (Lipinski definition) is 2. The van der Waals surface area contributed by atoms with E-state index in [0.29, 0.717) is 19.7 Å². The van der Waals surface area contributed by atoms with Crippen molar-refractivity contribution in [1.29, 1.82) is 0 Å². The van der Waals surface area contributed by atoms with Crippen molar-refractivity contribution in [2.45, 2.75) is 13.0 Å². The average Bonchev–Trinajstić information content (AvgIpc) is 2.59. The van der Waals surface area contributed by atoms with Gasteiger partial charge in [-0.05, 0) is 23.6 Å². The highest BCUT2D eigenvalue weighted by Gasteiger charge is 2.09. The summed E-state index contributed by atoms with van der Waals surface area (Å²) in [5.41, 5.74) is 3.46. The van der Waals surface area contributed by atoms with Gasteiger partial charge in [0.1, 0.15) is 0 Å². The highest BCUT2D eigenvalue weighted by molar-refractivity contribution is 5.85. The van der Waals surface area contributed by atoms with E-state index < -0.39 is 0 Å². The molecule has 0 aromatic heterocycles. The Morgan fingerprint density at radius 3 is 2.29 bits per heavy atom. The van der Waals surface area contributed by atoms with E-state index in [1.54, 1.807) is 7.11 Å². The lowest BCUT2D eigenvalue weighted by molar-refractivity contribution is -0.120. The smallest absolute Gasteiger partial charge is 0.234 e. The summed E-state index contributed by atoms with van der Waals surface area (Å²) in [6.45, 7) is 3.56. The fraction of sp³-hybridized carbons (Fsp3) is 0.316. The van der Waals surface area contributed by atoms with Crippen molar-refractivity contribution in [1.82, 2.24) is 10.6 Å². The van der Waals surface area contributed by atoms with Gasteiger partial charge >= 0.3 is 0 Å². The summed E-state index contributed by atoms with van der Waals surface area (Å²) in [6, 6.07) is 18.5. The molecule has 0 spiro atoms. The van der Waals surface area contributed by atoms with Crippen LogP contribution in [0.4, 0.5) is 0 Å². The van der Waals surface area contributed by atoms with Crippen LogP contribution in [0.15, 0.2) is 54.6 Å². The molecule has 130 valence electrons. The van der Waals surface area contributed by atoms with E-state index in [1.807, 2.05) is 25.1 Å². The maximum atomic E-state index is 11.9. The molecule has 0 saturated carbocycles. The van der Waals surface area contributed by atoms with E-state index in [1.165, 1.54) is 11.1 Å². The van der Waals surface area contributed by atoms with Gasteiger partial charge in [0.25, 0.3) is 0 Å². The van der Waals surface area contributed by atoms with Crippen LogP contribution in [0.5, 0.6) is 0 Å². The Bertz CT molecular complexity index is 603. The normalized spacial score (nSPS) is 11.4. The Morgan fingerprint density at radius 1 is 1.04 bits per heavy atom. The number of carbonyl (C=O) groups excluding carboxylic acids is 1. The van der Waals surface area contributed by atoms with Crippen molar-refractivity contribution in [3.8, 4) is 11.1 Å². The summed E-state index contributed by atoms with van der Waals surface area (Å²) < 4.78 is 4.93. The zero-order chi connectivity index (χ0) is 16.5. The number of halogens is 1. The largest absolute Gasteiger partial charge is 0.383 e. The van der Waals surface area contributed by atoms with Crippen LogP contribution in [0.3, 0.4) is 0 Å². The van der Waals surface area contributed by atoms with E-state index in [4.69, 9.17) is 4.74 Å². The molecule has 0 heterocycles. The number of carbonyl (C=O) groups is 1. The van der Waals surface area contributed by atoms with E-state index in [-0.39, 0.29) is 24.4 Å². The van der Waals surface area contributed by atoms with Gasteiger partial charge in [-0.1, -0.05) is 54.6 Å². The number of hydrogen-bond acceptors (Lipinski definition) is 3. The topological polar surface area (TPSA) is 50.4 Å². The molecule has 24 heavy (non-hydrogen) atoms. The predicted octanol–water partition coefficient (Wildman–Crippen LogP) is 3.19. The molecule has 4 nitrogen and oxygen atoms in total. The monoisotopic (exact) mass is 348 g/mol. The number of amides is 1. The zero-order valence-electron chi connectivity index (χ0n) is 14.1. The van der Waals surface area contributed by atoms with Crippen LogP contribution in [-0.4, -0.2) is 32.7 Å². The molecule has 0 fully saturated rings. The zero-order valence-corrected chi connectivity index (χ0v) is 14.9. The molecule has 0 bridgehead atoms. The first-order valence-corrected chi connectivity index (χ1v) is 7.85. The molecule has 1 unspecified atom stereocenters. The molecule has 0 aliphatic rings. The molecule has 2 N–H and O–H groups in total. The van der Waals surface area contributed by atoms with E-state index in [2.05, 4.69) is 47.0 Å². The van der Waals surface area contributed by atoms with Crippen LogP contribution in [-0.2, 0) is 9.53 Å². The molecule has 1 atom stereocenters. The minimum absolute atomic E-state index is 0. The van der Waals surface area contributed by atoms with Crippen molar-refractivity contribution in [3.05, 3.63) is 60.2 Å². The van der Waals surface area contributed by atoms with Crippen molar-refractivity contribution >= 4 is 18.3 Å². The molecular weight excluding hydrogens is 324 g/mol. The fourth-order valence-corrected chi connectivity index (χ4v) is 2.35. The molecule has 1 amide bonds. The number of rotatable bonds is 8. The van der Waals surface area contributed by atoms with Crippen molar-refractivity contribution in [3.63, 3.8) is 0 Å². The molecule has 0 aliphatic carbocycles. The first kappa shape index (κ1) is 20.2. The minimum atomic E-state index is -0.0171. The fourth-order valence-electron chi connectivity index (χ4n) is 2.35. The van der Waals surface area contributed by atoms with Crippen LogP contribution in [0.1, 0.15) is 18.5 Å². The highest BCUT2D eigenvalue weighted by Crippen LogP contribution is 2.21. The maximum Gasteiger partial charge on any atom is 0.234 e. The van der Waals surface area contributed by atoms with Gasteiger partial charge in [-0.25, -0.2) is 0 Å². The molecule has 0 saturated heterocycles. The Labute approximate surface area is 150 Å². The summed E-state index contributed by atoms with van der Waals surface area (Å²) in [4.78, 5) is 11.9. The second-order valence-electron chi connectivity index (χ2n) is 5.45. The predicted molar refractivity (Wildman–Crippen MR) is 100 cm³/mol. The summed E-state index contributed by atoms with van der Waals surface area (Å²) in [5, 5.41) is 6.03. The third-order valence-electron chi connectivity index (χ3n) is 3.66. The minimum Gasteiger partial charge on any atom is -0.383 e. The van der Waals surface area contributed by atoms with E-state index in [9.17, 15) is 4.79 Å². The van der Waals surface area contributed by atoms with Gasteiger partial charge < -0.3 is 15.4 Å². The molecule has 0 aliphatic heterocycles. The van der Waals surface area contributed by atoms with E-state index >= 15 is 0 Å². The second-order valence-corrected chi connectivity index (χ2v) is 5.45. The molecule has 2 aromatic rings. The van der Waals surface area contributed by atoms with Crippen LogP contribution in [0.2, 0.25) is 0 Å². The summed E-state index contributed by atoms with van der Waals surface area (Å²) in [5.74, 6) is -0.0132. The molecular formula is C19H25ClN2O2. The second kappa shape index (κ2) is 10.8. The molecule has 0 radical (unpaired) electrons. The Kier molecular flexibility index (Phi) is 9.08. The van der Waals surface area contributed by atoms with Gasteiger partial charge in [0.15, 0.2) is 0 Å². The quantitative estimate of drug-likeness (QED) is 0.720. The van der Waals surface area contributed by atoms with Crippen molar-refractivity contribution in [2.24, 2.45) is 0 Å². The number of ether oxygens (including phenoxy) is 1. The summed E-state index contributed by atoms with van der Waals surface area (Å²) >= 11 is 0. The van der Waals surface area contributed by atoms with Gasteiger partial charge in [0.2, 0.25) is 5.91 Å². The molecule has 2 aromatic carbocycles. The van der Waals surface area contributed by atoms with Crippen molar-refractivity contribution in [2.75, 3.05) is 26.8 Å². The SMILES string of the molecule is COCCNCC(=O)NC(C)c1ccc(-c2ccccc2)cc1.Cl. The van der Waals surface area contributed by atoms with Gasteiger partial charge in [-0.2, -0.15) is 0 Å². The molecule has 2 rings (SSSR count). The number of nitrogens with one attached hydrogen (secondary N) is 2. The van der Waals surface area contributed by atoms with Gasteiger partial charge in [0.05, 0.1) is 19.2 Å². The number of benzene rings is 2. The maximum absolute atomic E-state index is 11.9. The average molecular weight is 349 g/mol. The Balaban J connectivity index is 0.00000288. The lowest BCUT2D eigenvalue weighted by Gasteiger charge is -2.15.